The van der Waals surface area contributed by atoms with Crippen LogP contribution in [0.15, 0.2) is 23.8 Å². The summed E-state index contributed by atoms with van der Waals surface area (Å²) in [4.78, 5) is 1.13. The van der Waals surface area contributed by atoms with Gasteiger partial charge in [-0.2, -0.15) is 0 Å². The summed E-state index contributed by atoms with van der Waals surface area (Å²) in [6.45, 7) is 0. The number of allylic oxidation sites excluding steroid dienone is 3. The largest absolute Gasteiger partial charge is 0.148 e. The van der Waals surface area contributed by atoms with E-state index in [1.54, 1.807) is 0 Å². The highest BCUT2D eigenvalue weighted by atomic mass is 32.2. The van der Waals surface area contributed by atoms with E-state index >= 15 is 0 Å². The molecule has 0 saturated carbocycles. The molecule has 0 N–H and O–H groups in total. The Bertz CT molecular complexity index is 257. The van der Waals surface area contributed by atoms with Gasteiger partial charge < -0.3 is 0 Å². The van der Waals surface area contributed by atoms with Gasteiger partial charge >= 0.3 is 0 Å². The van der Waals surface area contributed by atoms with E-state index in [0.29, 0.717) is 0 Å². The van der Waals surface area contributed by atoms with Crippen LogP contribution in [0.4, 0.5) is 0 Å². The molecule has 0 aromatic carbocycles. The van der Waals surface area contributed by atoms with E-state index in [1.807, 2.05) is 11.8 Å². The van der Waals surface area contributed by atoms with Crippen LogP contribution in [0.5, 0.6) is 0 Å². The van der Waals surface area contributed by atoms with Crippen LogP contribution < -0.4 is 0 Å². The highest BCUT2D eigenvalue weighted by Crippen LogP contribution is 2.39. The van der Waals surface area contributed by atoms with Crippen LogP contribution in [0.25, 0.3) is 0 Å². The molecular weight excluding hydrogens is 196 g/mol. The summed E-state index contributed by atoms with van der Waals surface area (Å²) in [5.41, 5.74) is 1.35. The molecule has 0 aromatic heterocycles. The molecule has 2 rings (SSSR count). The zero-order chi connectivity index (χ0) is 9.10. The first-order valence-corrected chi connectivity index (χ1v) is 6.16. The Morgan fingerprint density at radius 3 is 2.92 bits per heavy atom. The predicted octanol–water partition coefficient (Wildman–Crippen LogP) is 3.69. The average molecular weight is 209 g/mol. The Balaban J connectivity index is 2.09. The topological polar surface area (TPSA) is 0 Å². The third-order valence-corrected chi connectivity index (χ3v) is 4.03. The monoisotopic (exact) mass is 209 g/mol. The van der Waals surface area contributed by atoms with Crippen molar-refractivity contribution in [2.45, 2.75) is 25.7 Å². The molecule has 0 aromatic rings. The Labute approximate surface area is 89.5 Å². The molecule has 0 atom stereocenters. The maximum atomic E-state index is 5.35. The number of thiocarbonyl (C=S) groups is 1. The van der Waals surface area contributed by atoms with Crippen molar-refractivity contribution in [1.29, 1.82) is 0 Å². The molecule has 1 radical (unpaired) electrons. The Kier molecular flexibility index (Phi) is 3.23. The standard InChI is InChI=1S/C11H13S2/c12-10-6-2-1-5-9(10)11-7-3-4-8-13-11/h1-2,5H,3-4,6-8H2. The van der Waals surface area contributed by atoms with Gasteiger partial charge in [-0.3, -0.25) is 0 Å². The van der Waals surface area contributed by atoms with Crippen LogP contribution in [-0.4, -0.2) is 10.6 Å². The van der Waals surface area contributed by atoms with Crippen molar-refractivity contribution >= 4 is 28.8 Å². The Morgan fingerprint density at radius 2 is 2.23 bits per heavy atom. The van der Waals surface area contributed by atoms with Gasteiger partial charge in [0.2, 0.25) is 0 Å². The first-order chi connectivity index (χ1) is 6.38. The van der Waals surface area contributed by atoms with Crippen molar-refractivity contribution in [3.05, 3.63) is 29.1 Å². The summed E-state index contributed by atoms with van der Waals surface area (Å²) in [5.74, 6) is 1.28. The molecule has 2 aliphatic rings. The smallest absolute Gasteiger partial charge is 0.0606 e. The van der Waals surface area contributed by atoms with Crippen molar-refractivity contribution in [3.63, 3.8) is 0 Å². The number of rotatable bonds is 1. The van der Waals surface area contributed by atoms with Crippen molar-refractivity contribution < 1.29 is 0 Å². The molecular formula is C11H13S2. The number of thioether (sulfide) groups is 1. The summed E-state index contributed by atoms with van der Waals surface area (Å²) in [7, 11) is 0. The van der Waals surface area contributed by atoms with Crippen molar-refractivity contribution in [1.82, 2.24) is 0 Å². The van der Waals surface area contributed by atoms with Crippen LogP contribution >= 0.6 is 24.0 Å². The van der Waals surface area contributed by atoms with E-state index in [9.17, 15) is 0 Å². The normalized spacial score (nSPS) is 24.6. The second kappa shape index (κ2) is 4.43. The molecule has 0 spiro atoms. The molecule has 0 amide bonds. The summed E-state index contributed by atoms with van der Waals surface area (Å²) in [5, 5.41) is 1.53. The van der Waals surface area contributed by atoms with E-state index in [2.05, 4.69) is 18.2 Å². The second-order valence-corrected chi connectivity index (χ2v) is 5.05. The molecule has 0 unspecified atom stereocenters. The van der Waals surface area contributed by atoms with Gasteiger partial charge in [-0.05, 0) is 24.2 Å². The molecule has 1 aliphatic heterocycles. The summed E-state index contributed by atoms with van der Waals surface area (Å²) in [6, 6.07) is 0. The quantitative estimate of drug-likeness (QED) is 0.604. The fraction of sp³-hybridized carbons (Fsp3) is 0.455. The van der Waals surface area contributed by atoms with E-state index in [1.165, 1.54) is 35.8 Å². The molecule has 0 bridgehead atoms. The van der Waals surface area contributed by atoms with E-state index < -0.39 is 0 Å². The fourth-order valence-electron chi connectivity index (χ4n) is 1.66. The lowest BCUT2D eigenvalue weighted by atomic mass is 9.98. The SMILES string of the molecule is S=C1CC=CC=C1[C]1CCCCS1. The first-order valence-electron chi connectivity index (χ1n) is 4.77. The molecule has 2 heteroatoms. The van der Waals surface area contributed by atoms with Crippen molar-refractivity contribution in [3.8, 4) is 0 Å². The minimum absolute atomic E-state index is 0.964. The maximum absolute atomic E-state index is 5.35. The van der Waals surface area contributed by atoms with E-state index in [0.717, 1.165) is 11.3 Å². The summed E-state index contributed by atoms with van der Waals surface area (Å²) >= 11 is 7.35. The van der Waals surface area contributed by atoms with Crippen LogP contribution in [0.2, 0.25) is 0 Å². The minimum atomic E-state index is 0.964. The van der Waals surface area contributed by atoms with Crippen molar-refractivity contribution in [2.24, 2.45) is 0 Å². The molecule has 13 heavy (non-hydrogen) atoms. The van der Waals surface area contributed by atoms with Gasteiger partial charge in [-0.1, -0.05) is 36.9 Å². The predicted molar refractivity (Wildman–Crippen MR) is 64.0 cm³/mol. The Morgan fingerprint density at radius 1 is 1.31 bits per heavy atom. The van der Waals surface area contributed by atoms with Gasteiger partial charge in [-0.25, -0.2) is 0 Å². The molecule has 0 nitrogen and oxygen atoms in total. The minimum Gasteiger partial charge on any atom is -0.148 e. The van der Waals surface area contributed by atoms with Crippen LogP contribution in [0.3, 0.4) is 0 Å². The highest BCUT2D eigenvalue weighted by Gasteiger charge is 2.21. The van der Waals surface area contributed by atoms with E-state index in [4.69, 9.17) is 12.2 Å². The third kappa shape index (κ3) is 2.23. The zero-order valence-corrected chi connectivity index (χ0v) is 9.22. The lowest BCUT2D eigenvalue weighted by Gasteiger charge is -2.24. The maximum Gasteiger partial charge on any atom is 0.0606 e. The average Bonchev–Trinajstić information content (AvgIpc) is 2.20. The second-order valence-electron chi connectivity index (χ2n) is 3.36. The van der Waals surface area contributed by atoms with Crippen LogP contribution in [0, 0.1) is 5.25 Å². The lowest BCUT2D eigenvalue weighted by molar-refractivity contribution is 0.768. The molecule has 1 heterocycles. The van der Waals surface area contributed by atoms with Crippen LogP contribution in [0.1, 0.15) is 25.7 Å². The highest BCUT2D eigenvalue weighted by molar-refractivity contribution is 8.02. The van der Waals surface area contributed by atoms with Gasteiger partial charge in [0.1, 0.15) is 0 Å². The lowest BCUT2D eigenvalue weighted by Crippen LogP contribution is -2.12. The van der Waals surface area contributed by atoms with Gasteiger partial charge in [0.25, 0.3) is 0 Å². The van der Waals surface area contributed by atoms with Crippen LogP contribution in [-0.2, 0) is 0 Å². The van der Waals surface area contributed by atoms with E-state index in [-0.39, 0.29) is 0 Å². The van der Waals surface area contributed by atoms with Crippen molar-refractivity contribution in [2.75, 3.05) is 5.75 Å². The Hall–Kier alpha value is -0.0800. The first kappa shape index (κ1) is 9.47. The third-order valence-electron chi connectivity index (χ3n) is 2.38. The van der Waals surface area contributed by atoms with Gasteiger partial charge in [-0.15, -0.1) is 11.8 Å². The number of hydrogen-bond acceptors (Lipinski definition) is 2. The van der Waals surface area contributed by atoms with Gasteiger partial charge in [0.05, 0.1) is 5.25 Å². The molecule has 1 aliphatic carbocycles. The zero-order valence-electron chi connectivity index (χ0n) is 7.58. The summed E-state index contributed by atoms with van der Waals surface area (Å²) < 4.78 is 0. The molecule has 1 fully saturated rings. The number of hydrogen-bond donors (Lipinski definition) is 0. The van der Waals surface area contributed by atoms with Gasteiger partial charge in [0.15, 0.2) is 0 Å². The van der Waals surface area contributed by atoms with Gasteiger partial charge in [0, 0.05) is 11.3 Å². The summed E-state index contributed by atoms with van der Waals surface area (Å²) in [6.07, 6.45) is 11.4. The fourth-order valence-corrected chi connectivity index (χ4v) is 3.24. The molecule has 1 saturated heterocycles. The molecule has 69 valence electrons.